The van der Waals surface area contributed by atoms with E-state index in [1.807, 2.05) is 69.3 Å². The van der Waals surface area contributed by atoms with E-state index in [-0.39, 0.29) is 11.9 Å². The van der Waals surface area contributed by atoms with Crippen LogP contribution in [-0.4, -0.2) is 36.5 Å². The molecule has 1 aliphatic heterocycles. The van der Waals surface area contributed by atoms with Crippen LogP contribution in [0.15, 0.2) is 48.5 Å². The number of anilines is 1. The molecule has 1 saturated heterocycles. The fourth-order valence-electron chi connectivity index (χ4n) is 3.84. The molecule has 0 saturated carbocycles. The molecule has 6 nitrogen and oxygen atoms in total. The van der Waals surface area contributed by atoms with E-state index in [0.29, 0.717) is 37.7 Å². The molecular weight excluding hydrogens is 378 g/mol. The third-order valence-corrected chi connectivity index (χ3v) is 5.66. The number of hydrogen-bond acceptors (Lipinski definition) is 3. The number of likely N-dealkylation sites (tertiary alicyclic amines) is 1. The highest BCUT2D eigenvalue weighted by Crippen LogP contribution is 2.31. The number of hydrogen-bond donors (Lipinski definition) is 2. The predicted molar refractivity (Wildman–Crippen MR) is 119 cm³/mol. The lowest BCUT2D eigenvalue weighted by Gasteiger charge is -2.39. The van der Waals surface area contributed by atoms with Crippen LogP contribution in [0.5, 0.6) is 5.75 Å². The van der Waals surface area contributed by atoms with Gasteiger partial charge in [-0.2, -0.15) is 0 Å². The number of benzene rings is 2. The summed E-state index contributed by atoms with van der Waals surface area (Å²) in [5, 5.41) is 6.01. The molecule has 0 aliphatic carbocycles. The van der Waals surface area contributed by atoms with Crippen LogP contribution in [0.3, 0.4) is 0 Å². The summed E-state index contributed by atoms with van der Waals surface area (Å²) >= 11 is 0. The van der Waals surface area contributed by atoms with Gasteiger partial charge in [-0.25, -0.2) is 4.79 Å². The van der Waals surface area contributed by atoms with E-state index in [0.717, 1.165) is 24.0 Å². The van der Waals surface area contributed by atoms with Crippen molar-refractivity contribution in [1.82, 2.24) is 10.2 Å². The van der Waals surface area contributed by atoms with Gasteiger partial charge in [0.2, 0.25) is 5.91 Å². The van der Waals surface area contributed by atoms with E-state index in [9.17, 15) is 9.59 Å². The number of carbonyl (C=O) groups excluding carboxylic acids is 2. The molecule has 1 atom stereocenters. The summed E-state index contributed by atoms with van der Waals surface area (Å²) in [4.78, 5) is 27.6. The molecule has 0 spiro atoms. The fraction of sp³-hybridized carbons (Fsp3) is 0.417. The minimum absolute atomic E-state index is 0.0158. The first-order chi connectivity index (χ1) is 14.4. The number of nitrogens with one attached hydrogen (secondary N) is 2. The van der Waals surface area contributed by atoms with E-state index < -0.39 is 5.41 Å². The number of rotatable bonds is 6. The zero-order chi connectivity index (χ0) is 21.6. The number of ether oxygens (including phenoxy) is 1. The molecule has 2 N–H and O–H groups in total. The largest absolute Gasteiger partial charge is 0.492 e. The van der Waals surface area contributed by atoms with Crippen molar-refractivity contribution in [1.29, 1.82) is 0 Å². The number of piperidine rings is 1. The summed E-state index contributed by atoms with van der Waals surface area (Å²) in [6.45, 7) is 7.91. The van der Waals surface area contributed by atoms with Crippen molar-refractivity contribution in [2.75, 3.05) is 25.0 Å². The van der Waals surface area contributed by atoms with Gasteiger partial charge in [0.05, 0.1) is 17.7 Å². The molecule has 6 heteroatoms. The Bertz CT molecular complexity index is 899. The quantitative estimate of drug-likeness (QED) is 0.745. The second-order valence-corrected chi connectivity index (χ2v) is 8.05. The van der Waals surface area contributed by atoms with Gasteiger partial charge in [-0.3, -0.25) is 4.79 Å². The summed E-state index contributed by atoms with van der Waals surface area (Å²) < 4.78 is 5.59. The van der Waals surface area contributed by atoms with Crippen molar-refractivity contribution in [2.45, 2.75) is 40.2 Å². The first kappa shape index (κ1) is 21.7. The molecule has 0 aromatic heterocycles. The fourth-order valence-corrected chi connectivity index (χ4v) is 3.84. The molecule has 3 amide bonds. The van der Waals surface area contributed by atoms with Gasteiger partial charge < -0.3 is 20.3 Å². The van der Waals surface area contributed by atoms with Crippen molar-refractivity contribution < 1.29 is 14.3 Å². The SMILES string of the molecule is CCOc1ccccc1NC(=O)N1CCCC(C)(C(=O)NCc2ccccc2C)C1. The van der Waals surface area contributed by atoms with Crippen molar-refractivity contribution >= 4 is 17.6 Å². The minimum Gasteiger partial charge on any atom is -0.492 e. The summed E-state index contributed by atoms with van der Waals surface area (Å²) in [6, 6.07) is 15.2. The molecule has 0 bridgehead atoms. The number of amides is 3. The van der Waals surface area contributed by atoms with E-state index in [4.69, 9.17) is 4.74 Å². The average Bonchev–Trinajstić information content (AvgIpc) is 2.74. The summed E-state index contributed by atoms with van der Waals surface area (Å²) in [7, 11) is 0. The van der Waals surface area contributed by atoms with Crippen LogP contribution in [0.1, 0.15) is 37.8 Å². The lowest BCUT2D eigenvalue weighted by atomic mass is 9.81. The van der Waals surface area contributed by atoms with Crippen LogP contribution in [0, 0.1) is 12.3 Å². The van der Waals surface area contributed by atoms with Crippen LogP contribution in [0.2, 0.25) is 0 Å². The van der Waals surface area contributed by atoms with Gasteiger partial charge in [0.15, 0.2) is 0 Å². The van der Waals surface area contributed by atoms with Crippen LogP contribution in [-0.2, 0) is 11.3 Å². The number of para-hydroxylation sites is 2. The molecule has 3 rings (SSSR count). The molecule has 2 aromatic carbocycles. The summed E-state index contributed by atoms with van der Waals surface area (Å²) in [6.07, 6.45) is 1.54. The third kappa shape index (κ3) is 5.12. The second-order valence-electron chi connectivity index (χ2n) is 8.05. The Kier molecular flexibility index (Phi) is 6.98. The highest BCUT2D eigenvalue weighted by molar-refractivity contribution is 5.92. The Labute approximate surface area is 178 Å². The monoisotopic (exact) mass is 409 g/mol. The average molecular weight is 410 g/mol. The van der Waals surface area contributed by atoms with Gasteiger partial charge in [-0.15, -0.1) is 0 Å². The first-order valence-corrected chi connectivity index (χ1v) is 10.5. The molecule has 1 fully saturated rings. The van der Waals surface area contributed by atoms with Crippen molar-refractivity contribution in [3.63, 3.8) is 0 Å². The molecular formula is C24H31N3O3. The topological polar surface area (TPSA) is 70.7 Å². The molecule has 0 radical (unpaired) electrons. The summed E-state index contributed by atoms with van der Waals surface area (Å²) in [5.74, 6) is 0.627. The predicted octanol–water partition coefficient (Wildman–Crippen LogP) is 4.34. The van der Waals surface area contributed by atoms with Gasteiger partial charge in [0.1, 0.15) is 5.75 Å². The molecule has 30 heavy (non-hydrogen) atoms. The maximum atomic E-state index is 13.0. The van der Waals surface area contributed by atoms with Gasteiger partial charge in [-0.1, -0.05) is 36.4 Å². The number of aryl methyl sites for hydroxylation is 1. The number of carbonyl (C=O) groups is 2. The van der Waals surface area contributed by atoms with Crippen LogP contribution in [0.4, 0.5) is 10.5 Å². The van der Waals surface area contributed by atoms with Crippen LogP contribution >= 0.6 is 0 Å². The van der Waals surface area contributed by atoms with Gasteiger partial charge >= 0.3 is 6.03 Å². The molecule has 1 aliphatic rings. The molecule has 1 unspecified atom stereocenters. The highest BCUT2D eigenvalue weighted by atomic mass is 16.5. The molecule has 160 valence electrons. The van der Waals surface area contributed by atoms with E-state index in [1.165, 1.54) is 0 Å². The van der Waals surface area contributed by atoms with Crippen molar-refractivity contribution in [2.24, 2.45) is 5.41 Å². The van der Waals surface area contributed by atoms with Crippen LogP contribution in [0.25, 0.3) is 0 Å². The van der Waals surface area contributed by atoms with Crippen molar-refractivity contribution in [3.8, 4) is 5.75 Å². The maximum Gasteiger partial charge on any atom is 0.321 e. The second kappa shape index (κ2) is 9.65. The standard InChI is InChI=1S/C24H31N3O3/c1-4-30-21-13-8-7-12-20(21)26-23(29)27-15-9-14-24(3,17-27)22(28)25-16-19-11-6-5-10-18(19)2/h5-8,10-13H,4,9,14-17H2,1-3H3,(H,25,28)(H,26,29). The van der Waals surface area contributed by atoms with Crippen LogP contribution < -0.4 is 15.4 Å². The minimum atomic E-state index is -0.613. The van der Waals surface area contributed by atoms with Gasteiger partial charge in [0.25, 0.3) is 0 Å². The smallest absolute Gasteiger partial charge is 0.321 e. The number of urea groups is 1. The Morgan fingerprint density at radius 3 is 2.63 bits per heavy atom. The molecule has 1 heterocycles. The Morgan fingerprint density at radius 2 is 1.87 bits per heavy atom. The summed E-state index contributed by atoms with van der Waals surface area (Å²) in [5.41, 5.74) is 2.28. The third-order valence-electron chi connectivity index (χ3n) is 5.66. The van der Waals surface area contributed by atoms with E-state index >= 15 is 0 Å². The number of nitrogens with zero attached hydrogens (tertiary/aromatic N) is 1. The maximum absolute atomic E-state index is 13.0. The Morgan fingerprint density at radius 1 is 1.13 bits per heavy atom. The van der Waals surface area contributed by atoms with E-state index in [1.54, 1.807) is 4.90 Å². The highest BCUT2D eigenvalue weighted by Gasteiger charge is 2.39. The van der Waals surface area contributed by atoms with Crippen molar-refractivity contribution in [3.05, 3.63) is 59.7 Å². The first-order valence-electron chi connectivity index (χ1n) is 10.5. The molecule has 2 aromatic rings. The Balaban J connectivity index is 1.62. The zero-order valence-corrected chi connectivity index (χ0v) is 18.0. The lowest BCUT2D eigenvalue weighted by molar-refractivity contribution is -0.132. The normalized spacial score (nSPS) is 18.6. The lowest BCUT2D eigenvalue weighted by Crippen LogP contribution is -2.52. The Hall–Kier alpha value is -3.02. The zero-order valence-electron chi connectivity index (χ0n) is 18.0. The van der Waals surface area contributed by atoms with Gasteiger partial charge in [0, 0.05) is 19.6 Å². The van der Waals surface area contributed by atoms with Gasteiger partial charge in [-0.05, 0) is 56.9 Å². The van der Waals surface area contributed by atoms with E-state index in [2.05, 4.69) is 10.6 Å².